The van der Waals surface area contributed by atoms with E-state index in [-0.39, 0.29) is 18.2 Å². The third kappa shape index (κ3) is 4.64. The molecule has 0 aromatic heterocycles. The van der Waals surface area contributed by atoms with Crippen LogP contribution in [0.1, 0.15) is 6.42 Å². The van der Waals surface area contributed by atoms with Gasteiger partial charge in [0.15, 0.2) is 5.17 Å². The van der Waals surface area contributed by atoms with E-state index >= 15 is 0 Å². The highest BCUT2D eigenvalue weighted by molar-refractivity contribution is 8.15. The zero-order valence-electron chi connectivity index (χ0n) is 15.8. The fourth-order valence-electron chi connectivity index (χ4n) is 2.59. The highest BCUT2D eigenvalue weighted by Crippen LogP contribution is 2.29. The lowest BCUT2D eigenvalue weighted by Gasteiger charge is -2.28. The molecule has 146 valence electrons. The number of rotatable bonds is 5. The lowest BCUT2D eigenvalue weighted by atomic mass is 10.2. The molecule has 0 radical (unpaired) electrons. The van der Waals surface area contributed by atoms with Gasteiger partial charge in [-0.15, -0.1) is 0 Å². The van der Waals surface area contributed by atoms with E-state index in [2.05, 4.69) is 10.3 Å². The minimum absolute atomic E-state index is 0.110. The predicted molar refractivity (Wildman–Crippen MR) is 110 cm³/mol. The van der Waals surface area contributed by atoms with Crippen molar-refractivity contribution in [2.45, 2.75) is 11.7 Å². The van der Waals surface area contributed by atoms with Gasteiger partial charge in [-0.1, -0.05) is 17.8 Å². The number of aliphatic imine (C=N–C) groups is 1. The van der Waals surface area contributed by atoms with E-state index in [4.69, 9.17) is 9.47 Å². The van der Waals surface area contributed by atoms with Crippen molar-refractivity contribution in [3.05, 3.63) is 48.5 Å². The van der Waals surface area contributed by atoms with E-state index in [0.29, 0.717) is 22.3 Å². The normalized spacial score (nSPS) is 18.1. The first kappa shape index (κ1) is 19.8. The summed E-state index contributed by atoms with van der Waals surface area (Å²) in [6.45, 7) is 0. The number of amides is 2. The molecule has 2 amide bonds. The van der Waals surface area contributed by atoms with Crippen LogP contribution in [-0.2, 0) is 9.59 Å². The van der Waals surface area contributed by atoms with Gasteiger partial charge >= 0.3 is 0 Å². The van der Waals surface area contributed by atoms with E-state index in [1.807, 2.05) is 0 Å². The molecule has 7 nitrogen and oxygen atoms in total. The Balaban J connectivity index is 1.75. The van der Waals surface area contributed by atoms with Crippen LogP contribution in [0.4, 0.5) is 11.4 Å². The molecule has 3 rings (SSSR count). The quantitative estimate of drug-likeness (QED) is 0.835. The van der Waals surface area contributed by atoms with Crippen LogP contribution >= 0.6 is 11.8 Å². The largest absolute Gasteiger partial charge is 0.497 e. The fraction of sp³-hybridized carbons (Fsp3) is 0.250. The number of amidine groups is 1. The number of thioether (sulfide) groups is 1. The first-order valence-electron chi connectivity index (χ1n) is 8.61. The number of methoxy groups -OCH3 is 2. The summed E-state index contributed by atoms with van der Waals surface area (Å²) >= 11 is 1.27. The number of carbonyl (C=O) groups is 2. The summed E-state index contributed by atoms with van der Waals surface area (Å²) in [6, 6.07) is 14.3. The minimum atomic E-state index is -0.563. The molecule has 1 N–H and O–H groups in total. The molecule has 1 atom stereocenters. The number of benzene rings is 2. The molecule has 1 aliphatic rings. The van der Waals surface area contributed by atoms with E-state index in [1.54, 1.807) is 69.8 Å². The topological polar surface area (TPSA) is 80.2 Å². The van der Waals surface area contributed by atoms with Crippen molar-refractivity contribution in [1.82, 2.24) is 4.90 Å². The van der Waals surface area contributed by atoms with Gasteiger partial charge in [-0.3, -0.25) is 14.5 Å². The van der Waals surface area contributed by atoms with E-state index in [1.165, 1.54) is 16.7 Å². The Morgan fingerprint density at radius 2 is 1.86 bits per heavy atom. The fourth-order valence-corrected chi connectivity index (χ4v) is 3.65. The summed E-state index contributed by atoms with van der Waals surface area (Å²) in [5.41, 5.74) is 1.29. The smallest absolute Gasteiger partial charge is 0.238 e. The molecule has 0 aliphatic carbocycles. The summed E-state index contributed by atoms with van der Waals surface area (Å²) < 4.78 is 10.3. The number of nitrogens with zero attached hydrogens (tertiary/aromatic N) is 2. The van der Waals surface area contributed by atoms with Crippen LogP contribution in [0.25, 0.3) is 0 Å². The molecule has 1 saturated heterocycles. The van der Waals surface area contributed by atoms with E-state index < -0.39 is 5.25 Å². The molecular weight excluding hydrogens is 378 g/mol. The summed E-state index contributed by atoms with van der Waals surface area (Å²) in [4.78, 5) is 31.1. The van der Waals surface area contributed by atoms with Crippen LogP contribution in [0, 0.1) is 0 Å². The number of carbonyl (C=O) groups excluding carboxylic acids is 2. The van der Waals surface area contributed by atoms with Gasteiger partial charge in [0.05, 0.1) is 19.9 Å². The number of nitrogens with one attached hydrogen (secondary N) is 1. The molecule has 28 heavy (non-hydrogen) atoms. The summed E-state index contributed by atoms with van der Waals surface area (Å²) in [7, 11) is 4.82. The summed E-state index contributed by atoms with van der Waals surface area (Å²) in [5.74, 6) is 0.964. The molecule has 1 aliphatic heterocycles. The zero-order valence-corrected chi connectivity index (χ0v) is 16.7. The van der Waals surface area contributed by atoms with E-state index in [9.17, 15) is 9.59 Å². The molecule has 1 heterocycles. The average Bonchev–Trinajstić information content (AvgIpc) is 2.71. The Bertz CT molecular complexity index is 899. The van der Waals surface area contributed by atoms with Crippen LogP contribution in [0.2, 0.25) is 0 Å². The number of anilines is 1. The maximum Gasteiger partial charge on any atom is 0.238 e. The van der Waals surface area contributed by atoms with Gasteiger partial charge in [0, 0.05) is 25.2 Å². The maximum absolute atomic E-state index is 12.7. The first-order chi connectivity index (χ1) is 13.5. The van der Waals surface area contributed by atoms with Gasteiger partial charge in [0.1, 0.15) is 16.7 Å². The molecule has 0 spiro atoms. The Hall–Kier alpha value is -3.00. The first-order valence-corrected chi connectivity index (χ1v) is 9.49. The monoisotopic (exact) mass is 399 g/mol. The molecule has 0 saturated carbocycles. The van der Waals surface area contributed by atoms with Gasteiger partial charge in [0.2, 0.25) is 11.8 Å². The molecule has 0 bridgehead atoms. The van der Waals surface area contributed by atoms with Crippen molar-refractivity contribution in [3.63, 3.8) is 0 Å². The standard InChI is InChI=1S/C20H21N3O4S/c1-23-18(24)12-17(19(25)21-14-5-4-6-16(11-14)27-3)28-20(23)22-13-7-9-15(26-2)10-8-13/h4-11,17H,12H2,1-3H3,(H,21,25)/t17-/m1/s1. The van der Waals surface area contributed by atoms with Crippen LogP contribution in [-0.4, -0.2) is 48.4 Å². The lowest BCUT2D eigenvalue weighted by Crippen LogP contribution is -2.43. The zero-order chi connectivity index (χ0) is 20.1. The molecule has 1 fully saturated rings. The van der Waals surface area contributed by atoms with Gasteiger partial charge in [-0.25, -0.2) is 4.99 Å². The van der Waals surface area contributed by atoms with Gasteiger partial charge in [-0.2, -0.15) is 0 Å². The number of hydrogen-bond donors (Lipinski definition) is 1. The van der Waals surface area contributed by atoms with Crippen molar-refractivity contribution < 1.29 is 19.1 Å². The van der Waals surface area contributed by atoms with Crippen molar-refractivity contribution in [3.8, 4) is 11.5 Å². The van der Waals surface area contributed by atoms with E-state index in [0.717, 1.165) is 5.75 Å². The van der Waals surface area contributed by atoms with Crippen LogP contribution in [0.15, 0.2) is 53.5 Å². The lowest BCUT2D eigenvalue weighted by molar-refractivity contribution is -0.128. The summed E-state index contributed by atoms with van der Waals surface area (Å²) in [5, 5.41) is 2.76. The predicted octanol–water partition coefficient (Wildman–Crippen LogP) is 3.29. The van der Waals surface area contributed by atoms with Crippen LogP contribution in [0.5, 0.6) is 11.5 Å². The minimum Gasteiger partial charge on any atom is -0.497 e. The number of ether oxygens (including phenoxy) is 2. The second-order valence-electron chi connectivity index (χ2n) is 6.08. The van der Waals surface area contributed by atoms with Crippen LogP contribution < -0.4 is 14.8 Å². The van der Waals surface area contributed by atoms with Crippen molar-refractivity contribution >= 4 is 40.1 Å². The van der Waals surface area contributed by atoms with Crippen molar-refractivity contribution in [1.29, 1.82) is 0 Å². The molecule has 2 aromatic carbocycles. The molecule has 0 unspecified atom stereocenters. The molecular formula is C20H21N3O4S. The highest BCUT2D eigenvalue weighted by atomic mass is 32.2. The maximum atomic E-state index is 12.7. The Kier molecular flexibility index (Phi) is 6.20. The second-order valence-corrected chi connectivity index (χ2v) is 7.25. The Morgan fingerprint density at radius 1 is 1.14 bits per heavy atom. The number of hydrogen-bond acceptors (Lipinski definition) is 6. The average molecular weight is 399 g/mol. The van der Waals surface area contributed by atoms with Gasteiger partial charge in [0.25, 0.3) is 0 Å². The van der Waals surface area contributed by atoms with Gasteiger partial charge < -0.3 is 14.8 Å². The van der Waals surface area contributed by atoms with Crippen molar-refractivity contribution in [2.75, 3.05) is 26.6 Å². The molecule has 2 aromatic rings. The Labute approximate surface area is 167 Å². The second kappa shape index (κ2) is 8.79. The Morgan fingerprint density at radius 3 is 2.54 bits per heavy atom. The van der Waals surface area contributed by atoms with Crippen LogP contribution in [0.3, 0.4) is 0 Å². The summed E-state index contributed by atoms with van der Waals surface area (Å²) in [6.07, 6.45) is 0.110. The SMILES string of the molecule is COc1ccc(N=C2S[C@@H](C(=O)Nc3cccc(OC)c3)CC(=O)N2C)cc1. The highest BCUT2D eigenvalue weighted by Gasteiger charge is 2.34. The van der Waals surface area contributed by atoms with Gasteiger partial charge in [-0.05, 0) is 36.4 Å². The molecule has 8 heteroatoms. The third-order valence-electron chi connectivity index (χ3n) is 4.20. The van der Waals surface area contributed by atoms with Crippen molar-refractivity contribution in [2.24, 2.45) is 4.99 Å². The third-order valence-corrected chi connectivity index (χ3v) is 5.44.